The molecular weight excluding hydrogens is 266 g/mol. The van der Waals surface area contributed by atoms with E-state index in [-0.39, 0.29) is 0 Å². The van der Waals surface area contributed by atoms with Gasteiger partial charge in [0.1, 0.15) is 0 Å². The zero-order valence-electron chi connectivity index (χ0n) is 11.4. The Labute approximate surface area is 122 Å². The third kappa shape index (κ3) is 2.30. The largest absolute Gasteiger partial charge is 0.268 e. The maximum atomic E-state index is 5.39. The van der Waals surface area contributed by atoms with Crippen LogP contribution in [0.5, 0.6) is 0 Å². The van der Waals surface area contributed by atoms with Gasteiger partial charge >= 0.3 is 0 Å². The normalized spacial score (nSPS) is 10.7. The fraction of sp³-hybridized carbons (Fsp3) is 0.125. The Hall–Kier alpha value is -2.20. The van der Waals surface area contributed by atoms with E-state index in [0.29, 0.717) is 4.77 Å². The first-order chi connectivity index (χ1) is 9.65. The number of hydrogen-bond acceptors (Lipinski definition) is 2. The van der Waals surface area contributed by atoms with Gasteiger partial charge in [-0.1, -0.05) is 36.4 Å². The lowest BCUT2D eigenvalue weighted by atomic mass is 10.1. The Bertz CT molecular complexity index is 780. The van der Waals surface area contributed by atoms with E-state index in [4.69, 9.17) is 12.2 Å². The molecule has 0 bridgehead atoms. The van der Waals surface area contributed by atoms with Crippen LogP contribution in [0.15, 0.2) is 48.5 Å². The average Bonchev–Trinajstić information content (AvgIpc) is 2.80. The van der Waals surface area contributed by atoms with Crippen LogP contribution in [0.1, 0.15) is 11.1 Å². The summed E-state index contributed by atoms with van der Waals surface area (Å²) in [6.07, 6.45) is 0. The van der Waals surface area contributed by atoms with Crippen LogP contribution in [0.25, 0.3) is 17.1 Å². The number of aromatic amines is 1. The van der Waals surface area contributed by atoms with Gasteiger partial charge in [-0.05, 0) is 49.3 Å². The molecule has 1 aromatic heterocycles. The summed E-state index contributed by atoms with van der Waals surface area (Å²) < 4.78 is 2.58. The number of benzene rings is 2. The molecule has 1 N–H and O–H groups in total. The van der Waals surface area contributed by atoms with Crippen molar-refractivity contribution in [2.24, 2.45) is 0 Å². The van der Waals surface area contributed by atoms with Crippen LogP contribution in [0.4, 0.5) is 0 Å². The molecule has 3 rings (SSSR count). The standard InChI is InChI=1S/C16H15N3S/c1-11-8-12(2)10-14(9-11)19-15(17-18-16(19)20)13-6-4-3-5-7-13/h3-10H,1-2H3,(H,18,20). The molecule has 100 valence electrons. The van der Waals surface area contributed by atoms with E-state index in [0.717, 1.165) is 17.1 Å². The third-order valence-corrected chi connectivity index (χ3v) is 3.44. The molecule has 0 saturated carbocycles. The van der Waals surface area contributed by atoms with E-state index in [9.17, 15) is 0 Å². The maximum Gasteiger partial charge on any atom is 0.200 e. The minimum absolute atomic E-state index is 0.605. The monoisotopic (exact) mass is 281 g/mol. The van der Waals surface area contributed by atoms with Crippen molar-refractivity contribution in [2.45, 2.75) is 13.8 Å². The molecule has 0 atom stereocenters. The van der Waals surface area contributed by atoms with Crippen molar-refractivity contribution in [1.82, 2.24) is 14.8 Å². The van der Waals surface area contributed by atoms with Gasteiger partial charge in [0.05, 0.1) is 5.69 Å². The lowest BCUT2D eigenvalue weighted by Crippen LogP contribution is -1.98. The first-order valence-corrected chi connectivity index (χ1v) is 6.87. The molecule has 4 heteroatoms. The van der Waals surface area contributed by atoms with Crippen LogP contribution in [-0.2, 0) is 0 Å². The Kier molecular flexibility index (Phi) is 3.24. The van der Waals surface area contributed by atoms with Gasteiger partial charge in [0.15, 0.2) is 10.6 Å². The summed E-state index contributed by atoms with van der Waals surface area (Å²) in [4.78, 5) is 0. The molecule has 0 aliphatic rings. The highest BCUT2D eigenvalue weighted by Gasteiger charge is 2.10. The van der Waals surface area contributed by atoms with Crippen molar-refractivity contribution in [3.8, 4) is 17.1 Å². The predicted octanol–water partition coefficient (Wildman–Crippen LogP) is 4.21. The third-order valence-electron chi connectivity index (χ3n) is 3.17. The second kappa shape index (κ2) is 5.06. The molecule has 0 radical (unpaired) electrons. The molecule has 0 unspecified atom stereocenters. The fourth-order valence-electron chi connectivity index (χ4n) is 2.40. The molecule has 0 spiro atoms. The van der Waals surface area contributed by atoms with Gasteiger partial charge in [-0.3, -0.25) is 9.67 Å². The molecular formula is C16H15N3S. The van der Waals surface area contributed by atoms with Crippen molar-refractivity contribution in [3.05, 3.63) is 64.4 Å². The quantitative estimate of drug-likeness (QED) is 0.714. The molecule has 0 amide bonds. The van der Waals surface area contributed by atoms with Crippen LogP contribution < -0.4 is 0 Å². The summed E-state index contributed by atoms with van der Waals surface area (Å²) in [5, 5.41) is 7.26. The second-order valence-electron chi connectivity index (χ2n) is 4.90. The Morgan fingerprint density at radius 2 is 1.65 bits per heavy atom. The molecule has 0 fully saturated rings. The molecule has 3 nitrogen and oxygen atoms in total. The van der Waals surface area contributed by atoms with Crippen molar-refractivity contribution < 1.29 is 0 Å². The molecule has 0 saturated heterocycles. The van der Waals surface area contributed by atoms with E-state index in [1.165, 1.54) is 11.1 Å². The van der Waals surface area contributed by atoms with Gasteiger partial charge in [0, 0.05) is 5.56 Å². The van der Waals surface area contributed by atoms with Crippen molar-refractivity contribution in [1.29, 1.82) is 0 Å². The predicted molar refractivity (Wildman–Crippen MR) is 83.7 cm³/mol. The van der Waals surface area contributed by atoms with Gasteiger partial charge in [-0.2, -0.15) is 5.10 Å². The number of hydrogen-bond donors (Lipinski definition) is 1. The fourth-order valence-corrected chi connectivity index (χ4v) is 2.63. The number of H-pyrrole nitrogens is 1. The summed E-state index contributed by atoms with van der Waals surface area (Å²) in [6, 6.07) is 16.4. The molecule has 2 aromatic carbocycles. The first-order valence-electron chi connectivity index (χ1n) is 6.46. The van der Waals surface area contributed by atoms with E-state index in [1.54, 1.807) is 0 Å². The zero-order chi connectivity index (χ0) is 14.1. The second-order valence-corrected chi connectivity index (χ2v) is 5.29. The Balaban J connectivity index is 2.24. The SMILES string of the molecule is Cc1cc(C)cc(-n2c(-c3ccccc3)n[nH]c2=S)c1. The van der Waals surface area contributed by atoms with Crippen LogP contribution in [0.3, 0.4) is 0 Å². The molecule has 1 heterocycles. The lowest BCUT2D eigenvalue weighted by molar-refractivity contribution is 1.03. The number of rotatable bonds is 2. The first kappa shape index (κ1) is 12.8. The van der Waals surface area contributed by atoms with Crippen LogP contribution in [-0.4, -0.2) is 14.8 Å². The van der Waals surface area contributed by atoms with Crippen LogP contribution in [0, 0.1) is 18.6 Å². The summed E-state index contributed by atoms with van der Waals surface area (Å²) in [5.41, 5.74) is 4.50. The van der Waals surface area contributed by atoms with Gasteiger partial charge in [-0.15, -0.1) is 0 Å². The van der Waals surface area contributed by atoms with E-state index >= 15 is 0 Å². The van der Waals surface area contributed by atoms with E-state index < -0.39 is 0 Å². The van der Waals surface area contributed by atoms with Gasteiger partial charge in [0.2, 0.25) is 0 Å². The Morgan fingerprint density at radius 3 is 2.30 bits per heavy atom. The van der Waals surface area contributed by atoms with Crippen molar-refractivity contribution >= 4 is 12.2 Å². The summed E-state index contributed by atoms with van der Waals surface area (Å²) in [6.45, 7) is 4.17. The van der Waals surface area contributed by atoms with Crippen LogP contribution >= 0.6 is 12.2 Å². The van der Waals surface area contributed by atoms with Crippen molar-refractivity contribution in [2.75, 3.05) is 0 Å². The topological polar surface area (TPSA) is 33.6 Å². The number of nitrogens with one attached hydrogen (secondary N) is 1. The Morgan fingerprint density at radius 1 is 1.00 bits per heavy atom. The maximum absolute atomic E-state index is 5.39. The van der Waals surface area contributed by atoms with E-state index in [1.807, 2.05) is 34.9 Å². The summed E-state index contributed by atoms with van der Waals surface area (Å²) in [7, 11) is 0. The number of aromatic nitrogens is 3. The molecule has 20 heavy (non-hydrogen) atoms. The summed E-state index contributed by atoms with van der Waals surface area (Å²) in [5.74, 6) is 0.834. The summed E-state index contributed by atoms with van der Waals surface area (Å²) >= 11 is 5.39. The van der Waals surface area contributed by atoms with Gasteiger partial charge in [-0.25, -0.2) is 0 Å². The number of aryl methyl sites for hydroxylation is 2. The minimum Gasteiger partial charge on any atom is -0.268 e. The smallest absolute Gasteiger partial charge is 0.200 e. The molecule has 0 aliphatic carbocycles. The molecule has 0 aliphatic heterocycles. The van der Waals surface area contributed by atoms with Gasteiger partial charge in [0.25, 0.3) is 0 Å². The minimum atomic E-state index is 0.605. The zero-order valence-corrected chi connectivity index (χ0v) is 12.2. The van der Waals surface area contributed by atoms with Crippen LogP contribution in [0.2, 0.25) is 0 Å². The molecule has 3 aromatic rings. The highest BCUT2D eigenvalue weighted by molar-refractivity contribution is 7.71. The van der Waals surface area contributed by atoms with Gasteiger partial charge < -0.3 is 0 Å². The highest BCUT2D eigenvalue weighted by Crippen LogP contribution is 2.22. The number of nitrogens with zero attached hydrogens (tertiary/aromatic N) is 2. The van der Waals surface area contributed by atoms with Crippen molar-refractivity contribution in [3.63, 3.8) is 0 Å². The lowest BCUT2D eigenvalue weighted by Gasteiger charge is -2.09. The average molecular weight is 281 g/mol. The highest BCUT2D eigenvalue weighted by atomic mass is 32.1. The van der Waals surface area contributed by atoms with E-state index in [2.05, 4.69) is 42.2 Å².